The molecule has 0 atom stereocenters. The van der Waals surface area contributed by atoms with E-state index in [0.717, 1.165) is 6.42 Å². The van der Waals surface area contributed by atoms with Crippen molar-refractivity contribution in [3.05, 3.63) is 35.9 Å². The fraction of sp³-hybridized carbons (Fsp3) is 0.300. The summed E-state index contributed by atoms with van der Waals surface area (Å²) in [7, 11) is 0. The molecule has 0 spiro atoms. The molecule has 0 saturated carbocycles. The van der Waals surface area contributed by atoms with E-state index in [1.54, 1.807) is 12.1 Å². The summed E-state index contributed by atoms with van der Waals surface area (Å²) < 4.78 is 4.94. The molecule has 0 aliphatic carbocycles. The van der Waals surface area contributed by atoms with E-state index < -0.39 is 0 Å². The molecule has 1 aromatic rings. The van der Waals surface area contributed by atoms with Gasteiger partial charge in [0, 0.05) is 0 Å². The minimum absolute atomic E-state index is 0. The standard InChI is InChI=1S/C10H12O2.K.H/c1-2-8-12-10(11)9-6-4-3-5-7-9;;/h3-7H,2,8H2,1H3;;. The molecule has 1 rings (SSSR count). The van der Waals surface area contributed by atoms with Crippen molar-refractivity contribution >= 4 is 57.4 Å². The van der Waals surface area contributed by atoms with Crippen LogP contribution in [-0.4, -0.2) is 64.0 Å². The van der Waals surface area contributed by atoms with Gasteiger partial charge in [-0.3, -0.25) is 0 Å². The van der Waals surface area contributed by atoms with E-state index in [0.29, 0.717) is 12.2 Å². The molecule has 0 bridgehead atoms. The van der Waals surface area contributed by atoms with E-state index in [-0.39, 0.29) is 57.4 Å². The first-order valence-electron chi connectivity index (χ1n) is 4.06. The van der Waals surface area contributed by atoms with Crippen LogP contribution in [-0.2, 0) is 4.74 Å². The quantitative estimate of drug-likeness (QED) is 0.552. The zero-order chi connectivity index (χ0) is 8.81. The van der Waals surface area contributed by atoms with Crippen molar-refractivity contribution in [1.29, 1.82) is 0 Å². The molecule has 0 N–H and O–H groups in total. The molecule has 0 aliphatic rings. The summed E-state index contributed by atoms with van der Waals surface area (Å²) in [5, 5.41) is 0. The van der Waals surface area contributed by atoms with Crippen LogP contribution >= 0.6 is 0 Å². The van der Waals surface area contributed by atoms with Gasteiger partial charge in [-0.25, -0.2) is 4.79 Å². The van der Waals surface area contributed by atoms with E-state index in [4.69, 9.17) is 4.74 Å². The molecule has 0 radical (unpaired) electrons. The topological polar surface area (TPSA) is 26.3 Å². The maximum atomic E-state index is 11.2. The van der Waals surface area contributed by atoms with Gasteiger partial charge in [-0.15, -0.1) is 0 Å². The average molecular weight is 204 g/mol. The monoisotopic (exact) mass is 204 g/mol. The van der Waals surface area contributed by atoms with Crippen molar-refractivity contribution < 1.29 is 9.53 Å². The van der Waals surface area contributed by atoms with Crippen LogP contribution in [0.5, 0.6) is 0 Å². The van der Waals surface area contributed by atoms with Crippen LogP contribution in [0.4, 0.5) is 0 Å². The van der Waals surface area contributed by atoms with Gasteiger partial charge >= 0.3 is 57.4 Å². The van der Waals surface area contributed by atoms with Crippen LogP contribution in [0.15, 0.2) is 30.3 Å². The summed E-state index contributed by atoms with van der Waals surface area (Å²) in [4.78, 5) is 11.2. The van der Waals surface area contributed by atoms with Gasteiger partial charge in [-0.05, 0) is 18.6 Å². The number of carbonyl (C=O) groups is 1. The van der Waals surface area contributed by atoms with Crippen LogP contribution in [0.3, 0.4) is 0 Å². The first-order valence-corrected chi connectivity index (χ1v) is 4.06. The van der Waals surface area contributed by atoms with Gasteiger partial charge in [0.2, 0.25) is 0 Å². The molecule has 0 aliphatic heterocycles. The molecule has 13 heavy (non-hydrogen) atoms. The summed E-state index contributed by atoms with van der Waals surface area (Å²) in [5.74, 6) is -0.238. The SMILES string of the molecule is CCCOC(=O)c1ccccc1.[KH]. The third kappa shape index (κ3) is 4.93. The summed E-state index contributed by atoms with van der Waals surface area (Å²) in [6.45, 7) is 2.46. The van der Waals surface area contributed by atoms with Gasteiger partial charge in [0.15, 0.2) is 0 Å². The molecule has 0 fully saturated rings. The Kier molecular flexibility index (Phi) is 7.90. The van der Waals surface area contributed by atoms with Crippen molar-refractivity contribution in [3.8, 4) is 0 Å². The van der Waals surface area contributed by atoms with E-state index in [1.165, 1.54) is 0 Å². The zero-order valence-electron chi connectivity index (χ0n) is 7.12. The maximum absolute atomic E-state index is 11.2. The third-order valence-corrected chi connectivity index (χ3v) is 1.45. The van der Waals surface area contributed by atoms with Gasteiger partial charge in [0.25, 0.3) is 0 Å². The van der Waals surface area contributed by atoms with Crippen LogP contribution in [0.2, 0.25) is 0 Å². The van der Waals surface area contributed by atoms with Gasteiger partial charge < -0.3 is 4.74 Å². The first-order chi connectivity index (χ1) is 5.84. The number of rotatable bonds is 3. The Hall–Kier alpha value is 0.326. The normalized spacial score (nSPS) is 8.69. The first kappa shape index (κ1) is 13.3. The van der Waals surface area contributed by atoms with E-state index in [1.807, 2.05) is 25.1 Å². The minimum atomic E-state index is -0.238. The summed E-state index contributed by atoms with van der Waals surface area (Å²) in [5.41, 5.74) is 0.617. The summed E-state index contributed by atoms with van der Waals surface area (Å²) in [6, 6.07) is 9.01. The van der Waals surface area contributed by atoms with Crippen LogP contribution in [0, 0.1) is 0 Å². The third-order valence-electron chi connectivity index (χ3n) is 1.45. The predicted octanol–water partition coefficient (Wildman–Crippen LogP) is 1.60. The molecule has 2 nitrogen and oxygen atoms in total. The van der Waals surface area contributed by atoms with Crippen LogP contribution in [0.25, 0.3) is 0 Å². The number of hydrogen-bond donors (Lipinski definition) is 0. The molecular weight excluding hydrogens is 191 g/mol. The van der Waals surface area contributed by atoms with Crippen molar-refractivity contribution in [1.82, 2.24) is 0 Å². The molecular formula is C10H13KO2. The van der Waals surface area contributed by atoms with Gasteiger partial charge in [-0.1, -0.05) is 25.1 Å². The molecule has 0 amide bonds. The van der Waals surface area contributed by atoms with Gasteiger partial charge in [0.1, 0.15) is 0 Å². The Morgan fingerprint density at radius 2 is 1.92 bits per heavy atom. The molecule has 3 heteroatoms. The molecule has 0 saturated heterocycles. The van der Waals surface area contributed by atoms with E-state index in [2.05, 4.69) is 0 Å². The predicted molar refractivity (Wildman–Crippen MR) is 54.2 cm³/mol. The van der Waals surface area contributed by atoms with Crippen molar-refractivity contribution in [2.75, 3.05) is 6.61 Å². The summed E-state index contributed by atoms with van der Waals surface area (Å²) >= 11 is 0. The Labute approximate surface area is 121 Å². The second-order valence-corrected chi connectivity index (χ2v) is 2.50. The number of hydrogen-bond acceptors (Lipinski definition) is 2. The Morgan fingerprint density at radius 3 is 2.46 bits per heavy atom. The van der Waals surface area contributed by atoms with Crippen LogP contribution < -0.4 is 0 Å². The average Bonchev–Trinajstić information content (AvgIpc) is 2.15. The number of benzene rings is 1. The zero-order valence-corrected chi connectivity index (χ0v) is 7.12. The second-order valence-electron chi connectivity index (χ2n) is 2.50. The van der Waals surface area contributed by atoms with E-state index >= 15 is 0 Å². The summed E-state index contributed by atoms with van der Waals surface area (Å²) in [6.07, 6.45) is 0.860. The molecule has 0 unspecified atom stereocenters. The molecule has 0 aromatic heterocycles. The van der Waals surface area contributed by atoms with Gasteiger partial charge in [0.05, 0.1) is 12.2 Å². The second kappa shape index (κ2) is 7.70. The van der Waals surface area contributed by atoms with Crippen molar-refractivity contribution in [2.24, 2.45) is 0 Å². The van der Waals surface area contributed by atoms with Crippen molar-refractivity contribution in [2.45, 2.75) is 13.3 Å². The number of ether oxygens (including phenoxy) is 1. The van der Waals surface area contributed by atoms with E-state index in [9.17, 15) is 4.79 Å². The molecule has 0 heterocycles. The number of esters is 1. The Morgan fingerprint density at radius 1 is 1.31 bits per heavy atom. The molecule has 66 valence electrons. The molecule has 1 aromatic carbocycles. The fourth-order valence-electron chi connectivity index (χ4n) is 0.852. The number of carbonyl (C=O) groups excluding carboxylic acids is 1. The fourth-order valence-corrected chi connectivity index (χ4v) is 0.852. The van der Waals surface area contributed by atoms with Crippen molar-refractivity contribution in [3.63, 3.8) is 0 Å². The Balaban J connectivity index is 0.00000144. The van der Waals surface area contributed by atoms with Gasteiger partial charge in [-0.2, -0.15) is 0 Å². The van der Waals surface area contributed by atoms with Crippen LogP contribution in [0.1, 0.15) is 23.7 Å². The Bertz CT molecular complexity index is 246.